The number of carboxylic acids is 3. The molecule has 0 spiro atoms. The number of carbonyl (C=O) groups is 3. The summed E-state index contributed by atoms with van der Waals surface area (Å²) in [6.45, 7) is 34.5. The van der Waals surface area contributed by atoms with Gasteiger partial charge in [0, 0.05) is 0 Å². The van der Waals surface area contributed by atoms with Crippen molar-refractivity contribution in [3.8, 4) is 17.2 Å². The van der Waals surface area contributed by atoms with E-state index in [1.165, 1.54) is 36.4 Å². The van der Waals surface area contributed by atoms with E-state index in [1.54, 1.807) is 0 Å². The Hall–Kier alpha value is -4.00. The fourth-order valence-electron chi connectivity index (χ4n) is 5.60. The van der Waals surface area contributed by atoms with Gasteiger partial charge < -0.3 is 30.6 Å². The van der Waals surface area contributed by atoms with E-state index in [4.69, 9.17) is 15.3 Å². The molecule has 3 aromatic rings. The second-order valence-electron chi connectivity index (χ2n) is 20.1. The molecule has 0 atom stereocenters. The van der Waals surface area contributed by atoms with Gasteiger partial charge in [0.15, 0.2) is 0 Å². The molecular weight excluding hydrogens is 711 g/mol. The number of carboxylic acid groups (broad SMARTS) is 3. The van der Waals surface area contributed by atoms with Crippen molar-refractivity contribution in [2.75, 3.05) is 0 Å². The molecule has 0 aliphatic rings. The van der Waals surface area contributed by atoms with Crippen molar-refractivity contribution in [1.29, 1.82) is 0 Å². The van der Waals surface area contributed by atoms with Gasteiger partial charge in [-0.05, 0) is 102 Å². The van der Waals surface area contributed by atoms with E-state index in [1.807, 2.05) is 125 Å². The average Bonchev–Trinajstić information content (AvgIpc) is 2.94. The van der Waals surface area contributed by atoms with Crippen LogP contribution in [0.15, 0.2) is 36.4 Å². The van der Waals surface area contributed by atoms with Gasteiger partial charge >= 0.3 is 35.3 Å². The van der Waals surface area contributed by atoms with Crippen LogP contribution in [0.1, 0.15) is 189 Å². The van der Waals surface area contributed by atoms with Gasteiger partial charge in [-0.2, -0.15) is 0 Å². The summed E-state index contributed by atoms with van der Waals surface area (Å²) in [6, 6.07) is 9.00. The molecule has 300 valence electrons. The Morgan fingerprint density at radius 3 is 0.527 bits per heavy atom. The molecule has 3 aromatic carbocycles. The average molecular weight is 775 g/mol. The summed E-state index contributed by atoms with van der Waals surface area (Å²) < 4.78 is 0. The first-order valence-corrected chi connectivity index (χ1v) is 18.1. The fraction of sp³-hybridized carbons (Fsp3) is 0.533. The standard InChI is InChI=1S/3C15H22O3.Al/c3*1-14(2,3)10-7-9(13(17)18)8-11(12(10)16)15(4,5)6;/h3*7-8,16H,1-6H3,(H,17,18);/q;;;+3/p-3. The van der Waals surface area contributed by atoms with Gasteiger partial charge in [-0.25, -0.2) is 14.4 Å². The second kappa shape index (κ2) is 17.4. The third kappa shape index (κ3) is 13.6. The Bertz CT molecular complexity index is 1540. The van der Waals surface area contributed by atoms with E-state index < -0.39 is 17.9 Å². The van der Waals surface area contributed by atoms with E-state index in [-0.39, 0.29) is 83.8 Å². The summed E-state index contributed by atoms with van der Waals surface area (Å²) in [5.74, 6) is -3.11. The minimum Gasteiger partial charge on any atom is -0.872 e. The number of hydrogen-bond donors (Lipinski definition) is 3. The molecule has 3 rings (SSSR count). The molecular formula is C45H63AlO9. The predicted octanol–water partition coefficient (Wildman–Crippen LogP) is 8.78. The first-order valence-electron chi connectivity index (χ1n) is 18.1. The maximum absolute atomic E-state index is 12.4. The van der Waals surface area contributed by atoms with Crippen LogP contribution in [0, 0.1) is 0 Å². The fourth-order valence-corrected chi connectivity index (χ4v) is 5.60. The minimum atomic E-state index is -0.994. The van der Waals surface area contributed by atoms with Crippen LogP contribution in [0.25, 0.3) is 0 Å². The Balaban J connectivity index is 0.000000788. The van der Waals surface area contributed by atoms with Crippen molar-refractivity contribution < 1.29 is 45.0 Å². The zero-order valence-corrected chi connectivity index (χ0v) is 37.5. The van der Waals surface area contributed by atoms with Crippen LogP contribution in [-0.2, 0) is 32.5 Å². The molecule has 9 nitrogen and oxygen atoms in total. The van der Waals surface area contributed by atoms with Gasteiger partial charge in [-0.3, -0.25) is 0 Å². The largest absolute Gasteiger partial charge is 3.00 e. The van der Waals surface area contributed by atoms with Crippen molar-refractivity contribution in [2.24, 2.45) is 0 Å². The smallest absolute Gasteiger partial charge is 0.872 e. The molecule has 0 aliphatic heterocycles. The van der Waals surface area contributed by atoms with E-state index >= 15 is 0 Å². The molecule has 0 aliphatic carbocycles. The zero-order valence-electron chi connectivity index (χ0n) is 36.3. The summed E-state index contributed by atoms with van der Waals surface area (Å²) in [5, 5.41) is 64.8. The molecule has 0 saturated heterocycles. The van der Waals surface area contributed by atoms with Gasteiger partial charge in [-0.15, -0.1) is 17.2 Å². The Kier molecular flexibility index (Phi) is 16.2. The molecule has 0 bridgehead atoms. The number of benzene rings is 3. The zero-order chi connectivity index (χ0) is 42.9. The van der Waals surface area contributed by atoms with Crippen LogP contribution in [0.2, 0.25) is 0 Å². The van der Waals surface area contributed by atoms with E-state index in [9.17, 15) is 29.7 Å². The van der Waals surface area contributed by atoms with Gasteiger partial charge in [0.25, 0.3) is 0 Å². The second-order valence-corrected chi connectivity index (χ2v) is 20.1. The first-order chi connectivity index (χ1) is 23.8. The maximum atomic E-state index is 12.4. The van der Waals surface area contributed by atoms with Crippen molar-refractivity contribution in [2.45, 2.75) is 157 Å². The van der Waals surface area contributed by atoms with Crippen LogP contribution in [0.5, 0.6) is 17.2 Å². The third-order valence-electron chi connectivity index (χ3n) is 8.86. The van der Waals surface area contributed by atoms with Crippen molar-refractivity contribution in [3.63, 3.8) is 0 Å². The molecule has 0 heterocycles. The Labute approximate surface area is 340 Å². The molecule has 0 unspecified atom stereocenters. The molecule has 3 N–H and O–H groups in total. The van der Waals surface area contributed by atoms with Crippen LogP contribution in [-0.4, -0.2) is 50.6 Å². The van der Waals surface area contributed by atoms with E-state index in [0.717, 1.165) is 0 Å². The van der Waals surface area contributed by atoms with Crippen LogP contribution >= 0.6 is 0 Å². The third-order valence-corrected chi connectivity index (χ3v) is 8.86. The molecule has 55 heavy (non-hydrogen) atoms. The summed E-state index contributed by atoms with van der Waals surface area (Å²) in [7, 11) is 0. The summed E-state index contributed by atoms with van der Waals surface area (Å²) in [6.07, 6.45) is 0. The summed E-state index contributed by atoms with van der Waals surface area (Å²) >= 11 is 0. The molecule has 10 heteroatoms. The van der Waals surface area contributed by atoms with Crippen LogP contribution < -0.4 is 15.3 Å². The number of hydrogen-bond acceptors (Lipinski definition) is 6. The topological polar surface area (TPSA) is 181 Å². The quantitative estimate of drug-likeness (QED) is 0.219. The SMILES string of the molecule is CC(C)(C)c1cc(C(=O)O)cc(C(C)(C)C)c1[O-].CC(C)(C)c1cc(C(=O)O)cc(C(C)(C)C)c1[O-].CC(C)(C)c1cc(C(=O)O)cc(C(C)(C)C)c1[O-].[Al+3]. The van der Waals surface area contributed by atoms with E-state index in [2.05, 4.69) is 0 Å². The minimum absolute atomic E-state index is 0. The molecule has 0 fully saturated rings. The van der Waals surface area contributed by atoms with Gasteiger partial charge in [0.2, 0.25) is 0 Å². The molecule has 0 radical (unpaired) electrons. The maximum Gasteiger partial charge on any atom is 3.00 e. The van der Waals surface area contributed by atoms with Crippen LogP contribution in [0.4, 0.5) is 0 Å². The Morgan fingerprint density at radius 2 is 0.455 bits per heavy atom. The monoisotopic (exact) mass is 774 g/mol. The summed E-state index contributed by atoms with van der Waals surface area (Å²) in [5.41, 5.74) is 1.78. The Morgan fingerprint density at radius 1 is 0.345 bits per heavy atom. The molecule has 0 amide bonds. The number of rotatable bonds is 3. The van der Waals surface area contributed by atoms with E-state index in [0.29, 0.717) is 33.4 Å². The molecule has 0 aromatic heterocycles. The van der Waals surface area contributed by atoms with Crippen molar-refractivity contribution in [1.82, 2.24) is 0 Å². The first kappa shape index (κ1) is 51.0. The van der Waals surface area contributed by atoms with Crippen molar-refractivity contribution >= 4 is 35.3 Å². The normalized spacial score (nSPS) is 12.3. The van der Waals surface area contributed by atoms with Gasteiger partial charge in [-0.1, -0.05) is 125 Å². The van der Waals surface area contributed by atoms with Crippen molar-refractivity contribution in [3.05, 3.63) is 86.5 Å². The predicted molar refractivity (Wildman–Crippen MR) is 216 cm³/mol. The van der Waals surface area contributed by atoms with Gasteiger partial charge in [0.05, 0.1) is 16.7 Å². The van der Waals surface area contributed by atoms with Gasteiger partial charge in [0.1, 0.15) is 0 Å². The number of aromatic carboxylic acids is 3. The molecule has 0 saturated carbocycles. The summed E-state index contributed by atoms with van der Waals surface area (Å²) in [4.78, 5) is 33.5. The van der Waals surface area contributed by atoms with Crippen LogP contribution in [0.3, 0.4) is 0 Å².